The van der Waals surface area contributed by atoms with Gasteiger partial charge in [0, 0.05) is 31.5 Å². The molecule has 18 heavy (non-hydrogen) atoms. The molecule has 0 aliphatic carbocycles. The van der Waals surface area contributed by atoms with Crippen molar-refractivity contribution in [2.45, 2.75) is 45.1 Å². The molecule has 0 bridgehead atoms. The fourth-order valence-electron chi connectivity index (χ4n) is 2.27. The van der Waals surface area contributed by atoms with Gasteiger partial charge < -0.3 is 10.2 Å². The zero-order chi connectivity index (χ0) is 13.2. The van der Waals surface area contributed by atoms with Crippen molar-refractivity contribution in [1.29, 1.82) is 0 Å². The summed E-state index contributed by atoms with van der Waals surface area (Å²) in [4.78, 5) is 11.3. The second-order valence-corrected chi connectivity index (χ2v) is 6.10. The van der Waals surface area contributed by atoms with E-state index >= 15 is 0 Å². The lowest BCUT2D eigenvalue weighted by Gasteiger charge is -2.32. The maximum atomic E-state index is 4.52. The van der Waals surface area contributed by atoms with E-state index in [1.165, 1.54) is 18.4 Å². The summed E-state index contributed by atoms with van der Waals surface area (Å²) in [5.74, 6) is 0.864. The second-order valence-electron chi connectivity index (χ2n) is 6.10. The molecule has 100 valence electrons. The van der Waals surface area contributed by atoms with Crippen molar-refractivity contribution in [2.24, 2.45) is 0 Å². The van der Waals surface area contributed by atoms with Gasteiger partial charge in [0.15, 0.2) is 0 Å². The molecule has 0 aromatic carbocycles. The molecular formula is C14H24N4. The van der Waals surface area contributed by atoms with Crippen molar-refractivity contribution in [3.8, 4) is 0 Å². The van der Waals surface area contributed by atoms with Crippen LogP contribution in [0.25, 0.3) is 0 Å². The van der Waals surface area contributed by atoms with Crippen LogP contribution < -0.4 is 10.2 Å². The molecule has 1 saturated heterocycles. The average molecular weight is 248 g/mol. The predicted molar refractivity (Wildman–Crippen MR) is 75.0 cm³/mol. The summed E-state index contributed by atoms with van der Waals surface area (Å²) in [6, 6.07) is 0.560. The average Bonchev–Trinajstić information content (AvgIpc) is 2.38. The van der Waals surface area contributed by atoms with Crippen LogP contribution in [0, 0.1) is 0 Å². The predicted octanol–water partition coefficient (Wildman–Crippen LogP) is 1.96. The van der Waals surface area contributed by atoms with Gasteiger partial charge in [0.05, 0.1) is 0 Å². The highest BCUT2D eigenvalue weighted by Crippen LogP contribution is 2.22. The van der Waals surface area contributed by atoms with E-state index in [0.717, 1.165) is 19.0 Å². The minimum absolute atomic E-state index is 0.119. The van der Waals surface area contributed by atoms with E-state index in [4.69, 9.17) is 0 Å². The monoisotopic (exact) mass is 248 g/mol. The highest BCUT2D eigenvalue weighted by atomic mass is 15.3. The number of nitrogens with one attached hydrogen (secondary N) is 1. The first-order valence-corrected chi connectivity index (χ1v) is 6.75. The first-order valence-electron chi connectivity index (χ1n) is 6.75. The van der Waals surface area contributed by atoms with Crippen molar-refractivity contribution in [3.63, 3.8) is 0 Å². The summed E-state index contributed by atoms with van der Waals surface area (Å²) >= 11 is 0. The van der Waals surface area contributed by atoms with Gasteiger partial charge in [-0.25, -0.2) is 9.97 Å². The van der Waals surface area contributed by atoms with Gasteiger partial charge in [0.25, 0.3) is 0 Å². The number of hydrogen-bond donors (Lipinski definition) is 1. The molecular weight excluding hydrogens is 224 g/mol. The van der Waals surface area contributed by atoms with Gasteiger partial charge in [-0.1, -0.05) is 20.8 Å². The SMILES string of the molecule is CNC1CCCN(c2ncc(C(C)(C)C)cn2)C1. The maximum Gasteiger partial charge on any atom is 0.225 e. The van der Waals surface area contributed by atoms with E-state index in [1.54, 1.807) is 0 Å². The molecule has 4 nitrogen and oxygen atoms in total. The highest BCUT2D eigenvalue weighted by molar-refractivity contribution is 5.32. The fraction of sp³-hybridized carbons (Fsp3) is 0.714. The normalized spacial score (nSPS) is 21.1. The highest BCUT2D eigenvalue weighted by Gasteiger charge is 2.21. The summed E-state index contributed by atoms with van der Waals surface area (Å²) in [7, 11) is 2.03. The van der Waals surface area contributed by atoms with Crippen molar-refractivity contribution in [3.05, 3.63) is 18.0 Å². The Morgan fingerprint density at radius 1 is 1.28 bits per heavy atom. The van der Waals surface area contributed by atoms with Crippen molar-refractivity contribution < 1.29 is 0 Å². The molecule has 1 aliphatic heterocycles. The topological polar surface area (TPSA) is 41.0 Å². The van der Waals surface area contributed by atoms with Crippen LogP contribution in [0.2, 0.25) is 0 Å². The first-order chi connectivity index (χ1) is 8.50. The molecule has 1 atom stereocenters. The number of anilines is 1. The van der Waals surface area contributed by atoms with Crippen molar-refractivity contribution in [1.82, 2.24) is 15.3 Å². The smallest absolute Gasteiger partial charge is 0.225 e. The Balaban J connectivity index is 2.09. The molecule has 1 aromatic rings. The van der Waals surface area contributed by atoms with Gasteiger partial charge in [0.1, 0.15) is 0 Å². The van der Waals surface area contributed by atoms with Crippen LogP contribution in [-0.2, 0) is 5.41 Å². The Morgan fingerprint density at radius 2 is 1.94 bits per heavy atom. The van der Waals surface area contributed by atoms with Crippen molar-refractivity contribution >= 4 is 5.95 Å². The van der Waals surface area contributed by atoms with Gasteiger partial charge in [0.2, 0.25) is 5.95 Å². The van der Waals surface area contributed by atoms with E-state index in [-0.39, 0.29) is 5.41 Å². The van der Waals surface area contributed by atoms with E-state index in [2.05, 4.69) is 41.0 Å². The fourth-order valence-corrected chi connectivity index (χ4v) is 2.27. The largest absolute Gasteiger partial charge is 0.339 e. The quantitative estimate of drug-likeness (QED) is 0.868. The summed E-state index contributed by atoms with van der Waals surface area (Å²) < 4.78 is 0. The standard InChI is InChI=1S/C14H24N4/c1-14(2,3)11-8-16-13(17-9-11)18-7-5-6-12(10-18)15-4/h8-9,12,15H,5-7,10H2,1-4H3. The first kappa shape index (κ1) is 13.3. The summed E-state index contributed by atoms with van der Waals surface area (Å²) in [6.07, 6.45) is 6.37. The molecule has 1 aliphatic rings. The Kier molecular flexibility index (Phi) is 3.85. The molecule has 0 spiro atoms. The van der Waals surface area contributed by atoms with Crippen LogP contribution in [0.5, 0.6) is 0 Å². The molecule has 1 fully saturated rings. The second kappa shape index (κ2) is 5.22. The number of rotatable bonds is 2. The number of aromatic nitrogens is 2. The van der Waals surface area contributed by atoms with E-state index < -0.39 is 0 Å². The molecule has 1 unspecified atom stereocenters. The minimum Gasteiger partial charge on any atom is -0.339 e. The van der Waals surface area contributed by atoms with E-state index in [9.17, 15) is 0 Å². The maximum absolute atomic E-state index is 4.52. The third-order valence-electron chi connectivity index (χ3n) is 3.62. The van der Waals surface area contributed by atoms with Crippen LogP contribution in [0.1, 0.15) is 39.2 Å². The lowest BCUT2D eigenvalue weighted by molar-refractivity contribution is 0.445. The zero-order valence-corrected chi connectivity index (χ0v) is 11.9. The van der Waals surface area contributed by atoms with Crippen LogP contribution in [0.15, 0.2) is 12.4 Å². The number of likely N-dealkylation sites (N-methyl/N-ethyl adjacent to an activating group) is 1. The Bertz CT molecular complexity index is 380. The Labute approximate surface area is 110 Å². The molecule has 0 amide bonds. The number of hydrogen-bond acceptors (Lipinski definition) is 4. The molecule has 0 saturated carbocycles. The third kappa shape index (κ3) is 2.99. The summed E-state index contributed by atoms with van der Waals surface area (Å²) in [5.41, 5.74) is 1.31. The molecule has 0 radical (unpaired) electrons. The molecule has 1 aromatic heterocycles. The van der Waals surface area contributed by atoms with Gasteiger partial charge in [-0.2, -0.15) is 0 Å². The van der Waals surface area contributed by atoms with Crippen LogP contribution in [0.4, 0.5) is 5.95 Å². The van der Waals surface area contributed by atoms with Crippen LogP contribution in [-0.4, -0.2) is 36.1 Å². The van der Waals surface area contributed by atoms with Gasteiger partial charge in [-0.15, -0.1) is 0 Å². The number of piperidine rings is 1. The zero-order valence-electron chi connectivity index (χ0n) is 11.9. The van der Waals surface area contributed by atoms with E-state index in [1.807, 2.05) is 19.4 Å². The summed E-state index contributed by atoms with van der Waals surface area (Å²) in [5, 5.41) is 3.34. The molecule has 2 heterocycles. The molecule has 4 heteroatoms. The molecule has 1 N–H and O–H groups in total. The lowest BCUT2D eigenvalue weighted by Crippen LogP contribution is -2.45. The summed E-state index contributed by atoms with van der Waals surface area (Å²) in [6.45, 7) is 8.62. The van der Waals surface area contributed by atoms with Crippen molar-refractivity contribution in [2.75, 3.05) is 25.0 Å². The van der Waals surface area contributed by atoms with E-state index in [0.29, 0.717) is 6.04 Å². The Morgan fingerprint density at radius 3 is 2.50 bits per heavy atom. The van der Waals surface area contributed by atoms with Gasteiger partial charge in [-0.05, 0) is 30.9 Å². The van der Waals surface area contributed by atoms with Crippen LogP contribution >= 0.6 is 0 Å². The third-order valence-corrected chi connectivity index (χ3v) is 3.62. The lowest BCUT2D eigenvalue weighted by atomic mass is 9.89. The van der Waals surface area contributed by atoms with Crippen LogP contribution in [0.3, 0.4) is 0 Å². The molecule has 2 rings (SSSR count). The minimum atomic E-state index is 0.119. The van der Waals surface area contributed by atoms with Gasteiger partial charge >= 0.3 is 0 Å². The van der Waals surface area contributed by atoms with Gasteiger partial charge in [-0.3, -0.25) is 0 Å². The Hall–Kier alpha value is -1.16. The number of nitrogens with zero attached hydrogens (tertiary/aromatic N) is 3.